The Balaban J connectivity index is 2.70. The van der Waals surface area contributed by atoms with E-state index in [-0.39, 0.29) is 0 Å². The summed E-state index contributed by atoms with van der Waals surface area (Å²) in [6.07, 6.45) is 1.03. The van der Waals surface area contributed by atoms with E-state index in [1.807, 2.05) is 19.1 Å². The van der Waals surface area contributed by atoms with Crippen LogP contribution in [0.1, 0.15) is 24.6 Å². The number of hydrogen-bond acceptors (Lipinski definition) is 3. The highest BCUT2D eigenvalue weighted by atomic mass is 35.5. The minimum atomic E-state index is 0.443. The normalized spacial score (nSPS) is 11.1. The molecule has 0 fully saturated rings. The van der Waals surface area contributed by atoms with Gasteiger partial charge in [0.15, 0.2) is 0 Å². The average molecular weight is 313 g/mol. The summed E-state index contributed by atoms with van der Waals surface area (Å²) in [5.41, 5.74) is 3.46. The summed E-state index contributed by atoms with van der Waals surface area (Å²) in [6.45, 7) is 5.37. The summed E-state index contributed by atoms with van der Waals surface area (Å²) in [7, 11) is 1.65. The molecule has 1 N–H and O–H groups in total. The van der Waals surface area contributed by atoms with Crippen LogP contribution < -0.4 is 5.32 Å². The molecular formula is C15H18Cl2N2O. The first-order chi connectivity index (χ1) is 9.58. The van der Waals surface area contributed by atoms with Crippen molar-refractivity contribution in [2.24, 2.45) is 0 Å². The predicted molar refractivity (Wildman–Crippen MR) is 86.0 cm³/mol. The third kappa shape index (κ3) is 3.00. The van der Waals surface area contributed by atoms with E-state index in [0.717, 1.165) is 40.8 Å². The van der Waals surface area contributed by atoms with Gasteiger partial charge in [-0.2, -0.15) is 0 Å². The van der Waals surface area contributed by atoms with Crippen molar-refractivity contribution < 1.29 is 4.74 Å². The van der Waals surface area contributed by atoms with E-state index < -0.39 is 0 Å². The molecule has 0 unspecified atom stereocenters. The fraction of sp³-hybridized carbons (Fsp3) is 0.400. The summed E-state index contributed by atoms with van der Waals surface area (Å²) in [5, 5.41) is 5.58. The quantitative estimate of drug-likeness (QED) is 0.859. The number of pyridine rings is 1. The van der Waals surface area contributed by atoms with Crippen LogP contribution in [0.2, 0.25) is 10.0 Å². The number of rotatable bonds is 5. The molecule has 0 aliphatic carbocycles. The summed E-state index contributed by atoms with van der Waals surface area (Å²) in [5.74, 6) is 0. The second kappa shape index (κ2) is 6.61. The van der Waals surface area contributed by atoms with Crippen molar-refractivity contribution in [3.63, 3.8) is 0 Å². The molecule has 20 heavy (non-hydrogen) atoms. The summed E-state index contributed by atoms with van der Waals surface area (Å²) in [6, 6.07) is 3.82. The Hall–Kier alpha value is -1.03. The molecule has 108 valence electrons. The van der Waals surface area contributed by atoms with Gasteiger partial charge in [0.2, 0.25) is 0 Å². The van der Waals surface area contributed by atoms with Gasteiger partial charge < -0.3 is 10.1 Å². The number of halogens is 2. The molecule has 0 spiro atoms. The Morgan fingerprint density at radius 3 is 2.70 bits per heavy atom. The van der Waals surface area contributed by atoms with Crippen LogP contribution in [0, 0.1) is 6.92 Å². The van der Waals surface area contributed by atoms with Crippen molar-refractivity contribution in [3.05, 3.63) is 33.4 Å². The molecule has 0 amide bonds. The zero-order valence-corrected chi connectivity index (χ0v) is 13.4. The van der Waals surface area contributed by atoms with Gasteiger partial charge >= 0.3 is 0 Å². The van der Waals surface area contributed by atoms with Crippen molar-refractivity contribution in [1.82, 2.24) is 4.98 Å². The second-order valence-electron chi connectivity index (χ2n) is 4.73. The van der Waals surface area contributed by atoms with E-state index in [1.54, 1.807) is 7.11 Å². The predicted octanol–water partition coefficient (Wildman–Crippen LogP) is 4.82. The lowest BCUT2D eigenvalue weighted by molar-refractivity contribution is 0.182. The molecule has 5 heteroatoms. The minimum Gasteiger partial charge on any atom is -0.384 e. The number of fused-ring (bicyclic) bond motifs is 1. The number of hydrogen-bond donors (Lipinski definition) is 1. The monoisotopic (exact) mass is 312 g/mol. The van der Waals surface area contributed by atoms with Crippen molar-refractivity contribution in [1.29, 1.82) is 0 Å². The van der Waals surface area contributed by atoms with Gasteiger partial charge in [0.25, 0.3) is 0 Å². The number of benzene rings is 1. The zero-order chi connectivity index (χ0) is 14.7. The van der Waals surface area contributed by atoms with Crippen LogP contribution >= 0.6 is 23.2 Å². The summed E-state index contributed by atoms with van der Waals surface area (Å²) in [4.78, 5) is 4.55. The van der Waals surface area contributed by atoms with Gasteiger partial charge in [-0.15, -0.1) is 0 Å². The van der Waals surface area contributed by atoms with E-state index in [0.29, 0.717) is 16.7 Å². The largest absolute Gasteiger partial charge is 0.384 e. The number of nitrogens with one attached hydrogen (secondary N) is 1. The molecule has 1 aromatic heterocycles. The Bertz CT molecular complexity index is 629. The molecule has 2 rings (SSSR count). The Morgan fingerprint density at radius 2 is 2.05 bits per heavy atom. The number of nitrogens with zero attached hydrogens (tertiary/aromatic N) is 1. The molecule has 0 atom stereocenters. The highest BCUT2D eigenvalue weighted by Crippen LogP contribution is 2.37. The third-order valence-corrected chi connectivity index (χ3v) is 3.84. The first-order valence-electron chi connectivity index (χ1n) is 6.59. The third-order valence-electron chi connectivity index (χ3n) is 3.07. The van der Waals surface area contributed by atoms with Crippen molar-refractivity contribution in [2.45, 2.75) is 26.9 Å². The van der Waals surface area contributed by atoms with Gasteiger partial charge in [0.1, 0.15) is 0 Å². The number of aryl methyl sites for hydroxylation is 1. The SMILES string of the molecule is CCCNc1cc(COC)nc2c(Cl)cc(C)c(Cl)c12. The lowest BCUT2D eigenvalue weighted by atomic mass is 10.1. The topological polar surface area (TPSA) is 34.1 Å². The summed E-state index contributed by atoms with van der Waals surface area (Å²) >= 11 is 12.8. The Labute approximate surface area is 129 Å². The van der Waals surface area contributed by atoms with Crippen LogP contribution in [-0.2, 0) is 11.3 Å². The Morgan fingerprint density at radius 1 is 1.30 bits per heavy atom. The summed E-state index contributed by atoms with van der Waals surface area (Å²) < 4.78 is 5.16. The van der Waals surface area contributed by atoms with E-state index in [2.05, 4.69) is 17.2 Å². The molecule has 0 aliphatic heterocycles. The maximum absolute atomic E-state index is 6.44. The lowest BCUT2D eigenvalue weighted by Crippen LogP contribution is -2.04. The van der Waals surface area contributed by atoms with Crippen molar-refractivity contribution in [2.75, 3.05) is 19.0 Å². The van der Waals surface area contributed by atoms with Crippen molar-refractivity contribution in [3.8, 4) is 0 Å². The van der Waals surface area contributed by atoms with Crippen molar-refractivity contribution >= 4 is 39.8 Å². The number of ether oxygens (including phenoxy) is 1. The van der Waals surface area contributed by atoms with Gasteiger partial charge in [-0.1, -0.05) is 30.1 Å². The number of anilines is 1. The minimum absolute atomic E-state index is 0.443. The highest BCUT2D eigenvalue weighted by molar-refractivity contribution is 6.41. The smallest absolute Gasteiger partial charge is 0.0928 e. The Kier molecular flexibility index (Phi) is 5.08. The van der Waals surface area contributed by atoms with Crippen LogP contribution in [-0.4, -0.2) is 18.6 Å². The van der Waals surface area contributed by atoms with Gasteiger partial charge in [-0.05, 0) is 31.0 Å². The fourth-order valence-electron chi connectivity index (χ4n) is 2.13. The standard InChI is InChI=1S/C15H18Cl2N2O/c1-4-5-18-12-7-10(8-20-3)19-15-11(16)6-9(2)14(17)13(12)15/h6-7H,4-5,8H2,1-3H3,(H,18,19). The van der Waals surface area contributed by atoms with E-state index in [4.69, 9.17) is 27.9 Å². The molecule has 3 nitrogen and oxygen atoms in total. The first kappa shape index (κ1) is 15.4. The van der Waals surface area contributed by atoms with Crippen LogP contribution in [0.5, 0.6) is 0 Å². The zero-order valence-electron chi connectivity index (χ0n) is 11.9. The number of aromatic nitrogens is 1. The van der Waals surface area contributed by atoms with Crippen LogP contribution in [0.15, 0.2) is 12.1 Å². The fourth-order valence-corrected chi connectivity index (χ4v) is 2.68. The number of methoxy groups -OCH3 is 1. The van der Waals surface area contributed by atoms with Gasteiger partial charge in [0.05, 0.1) is 27.9 Å². The first-order valence-corrected chi connectivity index (χ1v) is 7.35. The molecule has 1 heterocycles. The molecule has 0 radical (unpaired) electrons. The lowest BCUT2D eigenvalue weighted by Gasteiger charge is -2.14. The van der Waals surface area contributed by atoms with Crippen LogP contribution in [0.4, 0.5) is 5.69 Å². The molecule has 1 aromatic carbocycles. The van der Waals surface area contributed by atoms with Gasteiger partial charge in [-0.25, -0.2) is 4.98 Å². The van der Waals surface area contributed by atoms with E-state index in [9.17, 15) is 0 Å². The molecule has 0 bridgehead atoms. The highest BCUT2D eigenvalue weighted by Gasteiger charge is 2.14. The van der Waals surface area contributed by atoms with Gasteiger partial charge in [-0.3, -0.25) is 0 Å². The maximum Gasteiger partial charge on any atom is 0.0928 e. The molecular weight excluding hydrogens is 295 g/mol. The van der Waals surface area contributed by atoms with Crippen LogP contribution in [0.25, 0.3) is 10.9 Å². The molecule has 0 saturated heterocycles. The second-order valence-corrected chi connectivity index (χ2v) is 5.52. The molecule has 0 aliphatic rings. The average Bonchev–Trinajstić information content (AvgIpc) is 2.42. The van der Waals surface area contributed by atoms with Gasteiger partial charge in [0, 0.05) is 24.7 Å². The van der Waals surface area contributed by atoms with E-state index in [1.165, 1.54) is 0 Å². The van der Waals surface area contributed by atoms with E-state index >= 15 is 0 Å². The maximum atomic E-state index is 6.44. The van der Waals surface area contributed by atoms with Crippen LogP contribution in [0.3, 0.4) is 0 Å². The molecule has 0 saturated carbocycles. The molecule has 2 aromatic rings.